The van der Waals surface area contributed by atoms with Crippen LogP contribution >= 0.6 is 0 Å². The van der Waals surface area contributed by atoms with Crippen LogP contribution in [0.2, 0.25) is 0 Å². The highest BCUT2D eigenvalue weighted by atomic mass is 16.5. The van der Waals surface area contributed by atoms with E-state index >= 15 is 0 Å². The number of carbonyl (C=O) groups is 1. The molecule has 0 fully saturated rings. The van der Waals surface area contributed by atoms with Crippen LogP contribution in [0, 0.1) is 13.8 Å². The topological polar surface area (TPSA) is 51.2 Å². The standard InChI is InChI=1S/C15H16N2O2/c1-10-8-13(19-3)6-7-14(10)17-15(18)12-5-4-11(2)16-9-12/h4-9H,1-3H3,(H,17,18). The maximum atomic E-state index is 12.0. The Kier molecular flexibility index (Phi) is 3.80. The van der Waals surface area contributed by atoms with Gasteiger partial charge >= 0.3 is 0 Å². The summed E-state index contributed by atoms with van der Waals surface area (Å²) in [6.07, 6.45) is 1.57. The summed E-state index contributed by atoms with van der Waals surface area (Å²) in [5, 5.41) is 2.86. The number of pyridine rings is 1. The highest BCUT2D eigenvalue weighted by Gasteiger charge is 2.08. The van der Waals surface area contributed by atoms with Crippen LogP contribution in [-0.2, 0) is 0 Å². The Hall–Kier alpha value is -2.36. The van der Waals surface area contributed by atoms with Crippen molar-refractivity contribution in [3.05, 3.63) is 53.3 Å². The minimum Gasteiger partial charge on any atom is -0.497 e. The number of nitrogens with zero attached hydrogens (tertiary/aromatic N) is 1. The molecular formula is C15H16N2O2. The number of hydrogen-bond acceptors (Lipinski definition) is 3. The summed E-state index contributed by atoms with van der Waals surface area (Å²) in [4.78, 5) is 16.2. The summed E-state index contributed by atoms with van der Waals surface area (Å²) in [7, 11) is 1.62. The van der Waals surface area contributed by atoms with Crippen LogP contribution in [0.1, 0.15) is 21.6 Å². The third kappa shape index (κ3) is 3.10. The van der Waals surface area contributed by atoms with Crippen LogP contribution in [0.4, 0.5) is 5.69 Å². The Morgan fingerprint density at radius 1 is 1.21 bits per heavy atom. The molecule has 2 aromatic rings. The third-order valence-corrected chi connectivity index (χ3v) is 2.86. The third-order valence-electron chi connectivity index (χ3n) is 2.86. The van der Waals surface area contributed by atoms with Crippen LogP contribution < -0.4 is 10.1 Å². The van der Waals surface area contributed by atoms with Gasteiger partial charge in [-0.1, -0.05) is 0 Å². The van der Waals surface area contributed by atoms with Gasteiger partial charge in [0.2, 0.25) is 0 Å². The molecule has 0 saturated heterocycles. The highest BCUT2D eigenvalue weighted by molar-refractivity contribution is 6.04. The van der Waals surface area contributed by atoms with Gasteiger partial charge in [-0.2, -0.15) is 0 Å². The van der Waals surface area contributed by atoms with Gasteiger partial charge in [-0.05, 0) is 49.7 Å². The van der Waals surface area contributed by atoms with E-state index in [1.807, 2.05) is 38.1 Å². The van der Waals surface area contributed by atoms with E-state index in [0.29, 0.717) is 5.56 Å². The molecule has 1 heterocycles. The molecule has 0 radical (unpaired) electrons. The number of carbonyl (C=O) groups excluding carboxylic acids is 1. The van der Waals surface area contributed by atoms with Gasteiger partial charge in [-0.25, -0.2) is 0 Å². The van der Waals surface area contributed by atoms with E-state index in [4.69, 9.17) is 4.74 Å². The van der Waals surface area contributed by atoms with E-state index in [9.17, 15) is 4.79 Å². The molecule has 0 aliphatic heterocycles. The minimum absolute atomic E-state index is 0.166. The van der Waals surface area contributed by atoms with Crippen molar-refractivity contribution in [1.82, 2.24) is 4.98 Å². The molecule has 1 amide bonds. The Labute approximate surface area is 112 Å². The van der Waals surface area contributed by atoms with Crippen molar-refractivity contribution in [3.8, 4) is 5.75 Å². The van der Waals surface area contributed by atoms with Gasteiger partial charge in [0.15, 0.2) is 0 Å². The minimum atomic E-state index is -0.166. The molecule has 0 atom stereocenters. The monoisotopic (exact) mass is 256 g/mol. The summed E-state index contributed by atoms with van der Waals surface area (Å²) in [5.74, 6) is 0.605. The first-order valence-electron chi connectivity index (χ1n) is 5.99. The van der Waals surface area contributed by atoms with Gasteiger partial charge in [-0.15, -0.1) is 0 Å². The lowest BCUT2D eigenvalue weighted by Gasteiger charge is -2.09. The van der Waals surface area contributed by atoms with Crippen molar-refractivity contribution < 1.29 is 9.53 Å². The van der Waals surface area contributed by atoms with Crippen molar-refractivity contribution in [2.24, 2.45) is 0 Å². The molecule has 0 aliphatic carbocycles. The Bertz CT molecular complexity index is 592. The van der Waals surface area contributed by atoms with Crippen molar-refractivity contribution >= 4 is 11.6 Å². The second kappa shape index (κ2) is 5.52. The van der Waals surface area contributed by atoms with Crippen molar-refractivity contribution in [3.63, 3.8) is 0 Å². The molecule has 0 aliphatic rings. The summed E-state index contributed by atoms with van der Waals surface area (Å²) < 4.78 is 5.13. The molecular weight excluding hydrogens is 240 g/mol. The maximum Gasteiger partial charge on any atom is 0.257 e. The zero-order valence-corrected chi connectivity index (χ0v) is 11.2. The Morgan fingerprint density at radius 2 is 2.00 bits per heavy atom. The molecule has 0 unspecified atom stereocenters. The van der Waals surface area contributed by atoms with Gasteiger partial charge < -0.3 is 10.1 Å². The molecule has 1 aromatic heterocycles. The predicted octanol–water partition coefficient (Wildman–Crippen LogP) is 2.96. The van der Waals surface area contributed by atoms with E-state index < -0.39 is 0 Å². The molecule has 1 N–H and O–H groups in total. The zero-order chi connectivity index (χ0) is 13.8. The number of benzene rings is 1. The number of nitrogens with one attached hydrogen (secondary N) is 1. The lowest BCUT2D eigenvalue weighted by Crippen LogP contribution is -2.13. The van der Waals surface area contributed by atoms with Crippen LogP contribution in [0.15, 0.2) is 36.5 Å². The molecule has 0 bridgehead atoms. The van der Waals surface area contributed by atoms with E-state index in [2.05, 4.69) is 10.3 Å². The lowest BCUT2D eigenvalue weighted by molar-refractivity contribution is 0.102. The summed E-state index contributed by atoms with van der Waals surface area (Å²) in [6.45, 7) is 3.81. The van der Waals surface area contributed by atoms with Gasteiger partial charge in [-0.3, -0.25) is 9.78 Å². The van der Waals surface area contributed by atoms with E-state index in [-0.39, 0.29) is 5.91 Å². The fraction of sp³-hybridized carbons (Fsp3) is 0.200. The second-order valence-electron chi connectivity index (χ2n) is 4.32. The van der Waals surface area contributed by atoms with Gasteiger partial charge in [0, 0.05) is 17.6 Å². The Balaban J connectivity index is 2.17. The van der Waals surface area contributed by atoms with Crippen molar-refractivity contribution in [1.29, 1.82) is 0 Å². The number of methoxy groups -OCH3 is 1. The van der Waals surface area contributed by atoms with Crippen molar-refractivity contribution in [2.45, 2.75) is 13.8 Å². The van der Waals surface area contributed by atoms with Crippen LogP contribution in [0.25, 0.3) is 0 Å². The van der Waals surface area contributed by atoms with E-state index in [1.165, 1.54) is 0 Å². The number of amides is 1. The highest BCUT2D eigenvalue weighted by Crippen LogP contribution is 2.21. The summed E-state index contributed by atoms with van der Waals surface area (Å²) in [5.41, 5.74) is 3.15. The molecule has 0 spiro atoms. The smallest absolute Gasteiger partial charge is 0.257 e. The zero-order valence-electron chi connectivity index (χ0n) is 11.2. The van der Waals surface area contributed by atoms with E-state index in [0.717, 1.165) is 22.7 Å². The molecule has 1 aromatic carbocycles. The number of ether oxygens (including phenoxy) is 1. The maximum absolute atomic E-state index is 12.0. The van der Waals surface area contributed by atoms with E-state index in [1.54, 1.807) is 19.4 Å². The number of hydrogen-bond donors (Lipinski definition) is 1. The SMILES string of the molecule is COc1ccc(NC(=O)c2ccc(C)nc2)c(C)c1. The molecule has 0 saturated carbocycles. The molecule has 2 rings (SSSR count). The van der Waals surface area contributed by atoms with Gasteiger partial charge in [0.05, 0.1) is 12.7 Å². The molecule has 19 heavy (non-hydrogen) atoms. The van der Waals surface area contributed by atoms with Crippen LogP contribution in [0.5, 0.6) is 5.75 Å². The average molecular weight is 256 g/mol. The van der Waals surface area contributed by atoms with Gasteiger partial charge in [0.1, 0.15) is 5.75 Å². The lowest BCUT2D eigenvalue weighted by atomic mass is 10.1. The van der Waals surface area contributed by atoms with Crippen molar-refractivity contribution in [2.75, 3.05) is 12.4 Å². The Morgan fingerprint density at radius 3 is 2.58 bits per heavy atom. The first-order valence-corrected chi connectivity index (χ1v) is 5.99. The number of aryl methyl sites for hydroxylation is 2. The molecule has 4 heteroatoms. The number of aromatic nitrogens is 1. The number of anilines is 1. The second-order valence-corrected chi connectivity index (χ2v) is 4.32. The largest absolute Gasteiger partial charge is 0.497 e. The quantitative estimate of drug-likeness (QED) is 0.918. The summed E-state index contributed by atoms with van der Waals surface area (Å²) in [6, 6.07) is 9.10. The first-order chi connectivity index (χ1) is 9.10. The number of rotatable bonds is 3. The predicted molar refractivity (Wildman–Crippen MR) is 74.7 cm³/mol. The average Bonchev–Trinajstić information content (AvgIpc) is 2.41. The van der Waals surface area contributed by atoms with Crippen LogP contribution in [0.3, 0.4) is 0 Å². The fourth-order valence-corrected chi connectivity index (χ4v) is 1.70. The molecule has 98 valence electrons. The van der Waals surface area contributed by atoms with Crippen LogP contribution in [-0.4, -0.2) is 18.0 Å². The summed E-state index contributed by atoms with van der Waals surface area (Å²) >= 11 is 0. The van der Waals surface area contributed by atoms with Gasteiger partial charge in [0.25, 0.3) is 5.91 Å². The fourth-order valence-electron chi connectivity index (χ4n) is 1.70. The normalized spacial score (nSPS) is 10.1. The first kappa shape index (κ1) is 13.1. The molecule has 4 nitrogen and oxygen atoms in total.